The zero-order valence-corrected chi connectivity index (χ0v) is 35.6. The van der Waals surface area contributed by atoms with E-state index in [1.165, 1.54) is 122 Å². The number of unbranched alkanes of at least 4 members (excludes halogenated alkanes) is 24. The van der Waals surface area contributed by atoms with E-state index in [1.54, 1.807) is 0 Å². The summed E-state index contributed by atoms with van der Waals surface area (Å²) in [6.45, 7) is 3.20. The molecule has 0 aromatic carbocycles. The predicted molar refractivity (Wildman–Crippen MR) is 219 cm³/mol. The number of aliphatic hydroxyl groups is 5. The van der Waals surface area contributed by atoms with Crippen LogP contribution in [-0.4, -0.2) is 107 Å². The van der Waals surface area contributed by atoms with Crippen LogP contribution < -0.4 is 5.32 Å². The minimum Gasteiger partial charge on any atom is -0.394 e. The molecule has 1 heterocycles. The van der Waals surface area contributed by atoms with Gasteiger partial charge in [-0.2, -0.15) is 8.42 Å². The van der Waals surface area contributed by atoms with Crippen molar-refractivity contribution in [2.75, 3.05) is 13.2 Å². The van der Waals surface area contributed by atoms with Gasteiger partial charge in [-0.05, 0) is 19.3 Å². The van der Waals surface area contributed by atoms with Gasteiger partial charge in [0, 0.05) is 0 Å². The Kier molecular flexibility index (Phi) is 31.7. The van der Waals surface area contributed by atoms with E-state index in [0.717, 1.165) is 38.5 Å². The summed E-state index contributed by atoms with van der Waals surface area (Å²) in [5.74, 6) is -0.701. The van der Waals surface area contributed by atoms with Crippen LogP contribution in [0.1, 0.15) is 187 Å². The summed E-state index contributed by atoms with van der Waals surface area (Å²) in [6.07, 6.45) is 22.9. The number of carbonyl (C=O) groups excluding carboxylic acids is 1. The Bertz CT molecular complexity index is 1080. The SMILES string of the molecule is CCCCCCCCCCCCC/C=C/[C@@H](O)[C@H](CO[C@@H]1O[C@H](CO)[C@H](O)C(OS(=O)(=O)O)C1O)NC(=O)C(O)CCCCCCCCCCCCCCCC. The third kappa shape index (κ3) is 26.0. The highest BCUT2D eigenvalue weighted by molar-refractivity contribution is 7.80. The van der Waals surface area contributed by atoms with E-state index in [0.29, 0.717) is 12.8 Å². The van der Waals surface area contributed by atoms with Crippen molar-refractivity contribution in [2.24, 2.45) is 0 Å². The molecule has 1 rings (SSSR count). The van der Waals surface area contributed by atoms with Crippen LogP contribution in [0, 0.1) is 0 Å². The van der Waals surface area contributed by atoms with Crippen LogP contribution in [0.2, 0.25) is 0 Å². The molecule has 1 amide bonds. The number of amides is 1. The molecule has 13 nitrogen and oxygen atoms in total. The molecule has 0 spiro atoms. The third-order valence-corrected chi connectivity index (χ3v) is 11.1. The Morgan fingerprint density at radius 3 is 1.61 bits per heavy atom. The van der Waals surface area contributed by atoms with Crippen LogP contribution in [0.5, 0.6) is 0 Å². The summed E-state index contributed by atoms with van der Waals surface area (Å²) in [5, 5.41) is 55.1. The molecular formula is C42H81NO12S. The van der Waals surface area contributed by atoms with Gasteiger partial charge >= 0.3 is 10.4 Å². The lowest BCUT2D eigenvalue weighted by atomic mass is 9.99. The fourth-order valence-electron chi connectivity index (χ4n) is 7.11. The minimum atomic E-state index is -5.11. The van der Waals surface area contributed by atoms with E-state index >= 15 is 0 Å². The van der Waals surface area contributed by atoms with Gasteiger partial charge in [0.05, 0.1) is 25.4 Å². The molecule has 1 aliphatic heterocycles. The number of aliphatic hydroxyl groups excluding tert-OH is 5. The molecule has 1 saturated heterocycles. The topological polar surface area (TPSA) is 212 Å². The van der Waals surface area contributed by atoms with Crippen LogP contribution in [0.3, 0.4) is 0 Å². The lowest BCUT2D eigenvalue weighted by Gasteiger charge is -2.41. The van der Waals surface area contributed by atoms with Gasteiger partial charge in [0.25, 0.3) is 0 Å². The second-order valence-electron chi connectivity index (χ2n) is 15.8. The lowest BCUT2D eigenvalue weighted by Crippen LogP contribution is -2.61. The number of carbonyl (C=O) groups is 1. The van der Waals surface area contributed by atoms with E-state index in [4.69, 9.17) is 14.0 Å². The normalized spacial score (nSPS) is 22.0. The molecule has 1 fully saturated rings. The zero-order valence-electron chi connectivity index (χ0n) is 34.8. The van der Waals surface area contributed by atoms with Crippen molar-refractivity contribution < 1.29 is 57.0 Å². The second kappa shape index (κ2) is 33.6. The molecule has 3 unspecified atom stereocenters. The quantitative estimate of drug-likeness (QED) is 0.0192. The van der Waals surface area contributed by atoms with Crippen LogP contribution in [0.4, 0.5) is 0 Å². The highest BCUT2D eigenvalue weighted by atomic mass is 32.3. The van der Waals surface area contributed by atoms with E-state index < -0.39 is 78.5 Å². The van der Waals surface area contributed by atoms with Gasteiger partial charge in [-0.25, -0.2) is 4.18 Å². The maximum Gasteiger partial charge on any atom is 0.397 e. The summed E-state index contributed by atoms with van der Waals surface area (Å²) in [7, 11) is -5.11. The molecule has 56 heavy (non-hydrogen) atoms. The molecule has 0 radical (unpaired) electrons. The summed E-state index contributed by atoms with van der Waals surface area (Å²) < 4.78 is 47.4. The molecule has 0 saturated carbocycles. The maximum atomic E-state index is 13.1. The number of rotatable bonds is 37. The molecule has 8 atom stereocenters. The smallest absolute Gasteiger partial charge is 0.394 e. The fourth-order valence-corrected chi connectivity index (χ4v) is 7.62. The first-order chi connectivity index (χ1) is 26.9. The molecule has 0 bridgehead atoms. The van der Waals surface area contributed by atoms with Gasteiger partial charge < -0.3 is 40.3 Å². The van der Waals surface area contributed by atoms with E-state index in [9.17, 15) is 38.7 Å². The van der Waals surface area contributed by atoms with Crippen molar-refractivity contribution in [3.8, 4) is 0 Å². The first kappa shape index (κ1) is 52.8. The van der Waals surface area contributed by atoms with Crippen molar-refractivity contribution in [2.45, 2.75) is 236 Å². The molecule has 332 valence electrons. The Labute approximate surface area is 339 Å². The Balaban J connectivity index is 2.62. The minimum absolute atomic E-state index is 0.247. The van der Waals surface area contributed by atoms with Crippen molar-refractivity contribution >= 4 is 16.3 Å². The molecule has 14 heteroatoms. The average Bonchev–Trinajstić information content (AvgIpc) is 3.16. The van der Waals surface area contributed by atoms with Crippen molar-refractivity contribution in [1.29, 1.82) is 0 Å². The maximum absolute atomic E-state index is 13.1. The first-order valence-corrected chi connectivity index (χ1v) is 23.5. The second-order valence-corrected chi connectivity index (χ2v) is 16.8. The summed E-state index contributed by atoms with van der Waals surface area (Å²) >= 11 is 0. The van der Waals surface area contributed by atoms with Crippen LogP contribution >= 0.6 is 0 Å². The number of ether oxygens (including phenoxy) is 2. The lowest BCUT2D eigenvalue weighted by molar-refractivity contribution is -0.298. The molecule has 0 aromatic heterocycles. The fraction of sp³-hybridized carbons (Fsp3) is 0.929. The third-order valence-electron chi connectivity index (χ3n) is 10.7. The summed E-state index contributed by atoms with van der Waals surface area (Å²) in [4.78, 5) is 13.1. The van der Waals surface area contributed by atoms with Gasteiger partial charge in [-0.1, -0.05) is 180 Å². The van der Waals surface area contributed by atoms with Gasteiger partial charge in [0.1, 0.15) is 30.5 Å². The zero-order chi connectivity index (χ0) is 41.4. The van der Waals surface area contributed by atoms with Gasteiger partial charge in [0.15, 0.2) is 6.29 Å². The number of allylic oxidation sites excluding steroid dienone is 1. The summed E-state index contributed by atoms with van der Waals surface area (Å²) in [6, 6.07) is -1.11. The van der Waals surface area contributed by atoms with Crippen LogP contribution in [0.15, 0.2) is 12.2 Å². The first-order valence-electron chi connectivity index (χ1n) is 22.2. The largest absolute Gasteiger partial charge is 0.397 e. The number of nitrogens with one attached hydrogen (secondary N) is 1. The molecule has 7 N–H and O–H groups in total. The molecule has 0 aromatic rings. The average molecular weight is 824 g/mol. The highest BCUT2D eigenvalue weighted by Crippen LogP contribution is 2.26. The van der Waals surface area contributed by atoms with E-state index in [2.05, 4.69) is 23.3 Å². The Morgan fingerprint density at radius 2 is 1.16 bits per heavy atom. The molecule has 1 aliphatic rings. The monoisotopic (exact) mass is 824 g/mol. The molecular weight excluding hydrogens is 743 g/mol. The van der Waals surface area contributed by atoms with Gasteiger partial charge in [-0.3, -0.25) is 9.35 Å². The van der Waals surface area contributed by atoms with E-state index in [-0.39, 0.29) is 6.42 Å². The highest BCUT2D eigenvalue weighted by Gasteiger charge is 2.48. The van der Waals surface area contributed by atoms with Crippen molar-refractivity contribution in [1.82, 2.24) is 5.32 Å². The van der Waals surface area contributed by atoms with E-state index in [1.807, 2.05) is 6.08 Å². The standard InChI is InChI=1S/C42H81NO12S/c1-3-5-7-9-11-13-15-17-19-21-23-25-27-29-31-36(46)41(49)43-34(35(45)30-28-26-24-22-20-18-16-14-12-10-8-6-4-2)33-53-42-39(48)40(55-56(50,51)52)38(47)37(32-44)54-42/h28,30,34-40,42,44-48H,3-27,29,31-33H2,1-2H3,(H,43,49)(H,50,51,52)/b30-28+/t34-,35+,36?,37+,38-,39?,40?,42+/m0/s1. The number of hydrogen-bond donors (Lipinski definition) is 7. The summed E-state index contributed by atoms with van der Waals surface area (Å²) in [5.41, 5.74) is 0. The van der Waals surface area contributed by atoms with Crippen LogP contribution in [0.25, 0.3) is 0 Å². The van der Waals surface area contributed by atoms with Crippen molar-refractivity contribution in [3.63, 3.8) is 0 Å². The Hall–Kier alpha value is -1.20. The van der Waals surface area contributed by atoms with Gasteiger partial charge in [0.2, 0.25) is 5.91 Å². The predicted octanol–water partition coefficient (Wildman–Crippen LogP) is 6.97. The van der Waals surface area contributed by atoms with Crippen molar-refractivity contribution in [3.05, 3.63) is 12.2 Å². The van der Waals surface area contributed by atoms with Crippen LogP contribution in [-0.2, 0) is 28.9 Å². The van der Waals surface area contributed by atoms with Gasteiger partial charge in [-0.15, -0.1) is 0 Å². The molecule has 0 aliphatic carbocycles. The number of hydrogen-bond acceptors (Lipinski definition) is 11. The Morgan fingerprint density at radius 1 is 0.714 bits per heavy atom.